The Bertz CT molecular complexity index is 464. The number of hydrogen-bond acceptors (Lipinski definition) is 3. The number of rotatable bonds is 5. The Morgan fingerprint density at radius 2 is 1.91 bits per heavy atom. The van der Waals surface area contributed by atoms with E-state index in [1.807, 2.05) is 18.2 Å². The number of likely N-dealkylation sites (tertiary alicyclic amines) is 1. The molecule has 1 heterocycles. The Kier molecular flexibility index (Phi) is 6.27. The molecule has 3 nitrogen and oxygen atoms in total. The van der Waals surface area contributed by atoms with Gasteiger partial charge in [-0.15, -0.1) is 0 Å². The minimum Gasteiger partial charge on any atom is -0.391 e. The first-order valence-electron chi connectivity index (χ1n) is 8.23. The highest BCUT2D eigenvalue weighted by Gasteiger charge is 2.24. The highest BCUT2D eigenvalue weighted by Crippen LogP contribution is 2.21. The maximum Gasteiger partial charge on any atom is 0.0712 e. The van der Waals surface area contributed by atoms with Crippen molar-refractivity contribution >= 4 is 11.6 Å². The molecule has 1 aliphatic heterocycles. The van der Waals surface area contributed by atoms with Crippen LogP contribution in [0.15, 0.2) is 24.3 Å². The first-order chi connectivity index (χ1) is 10.4. The quantitative estimate of drug-likeness (QED) is 0.872. The Morgan fingerprint density at radius 3 is 2.50 bits per heavy atom. The summed E-state index contributed by atoms with van der Waals surface area (Å²) in [5, 5.41) is 14.5. The van der Waals surface area contributed by atoms with Crippen molar-refractivity contribution in [3.05, 3.63) is 34.9 Å². The van der Waals surface area contributed by atoms with Crippen molar-refractivity contribution in [1.29, 1.82) is 0 Å². The molecule has 0 saturated carbocycles. The normalized spacial score (nSPS) is 19.3. The zero-order valence-electron chi connectivity index (χ0n) is 14.0. The fraction of sp³-hybridized carbons (Fsp3) is 0.667. The molecule has 1 atom stereocenters. The van der Waals surface area contributed by atoms with Gasteiger partial charge in [0.1, 0.15) is 0 Å². The molecule has 0 bridgehead atoms. The number of aliphatic hydroxyl groups excluding tert-OH is 1. The van der Waals surface area contributed by atoms with Crippen LogP contribution in [-0.4, -0.2) is 41.8 Å². The topological polar surface area (TPSA) is 35.5 Å². The first-order valence-corrected chi connectivity index (χ1v) is 8.61. The molecule has 1 aromatic carbocycles. The summed E-state index contributed by atoms with van der Waals surface area (Å²) >= 11 is 6.23. The maximum absolute atomic E-state index is 10.1. The number of nitrogens with zero attached hydrogens (tertiary/aromatic N) is 1. The fourth-order valence-electron chi connectivity index (χ4n) is 2.75. The molecule has 4 heteroatoms. The summed E-state index contributed by atoms with van der Waals surface area (Å²) in [5.41, 5.74) is 1.15. The smallest absolute Gasteiger partial charge is 0.0712 e. The van der Waals surface area contributed by atoms with Gasteiger partial charge in [-0.2, -0.15) is 0 Å². The van der Waals surface area contributed by atoms with E-state index in [0.29, 0.717) is 12.6 Å². The molecule has 22 heavy (non-hydrogen) atoms. The summed E-state index contributed by atoms with van der Waals surface area (Å²) < 4.78 is 0. The van der Waals surface area contributed by atoms with Gasteiger partial charge < -0.3 is 10.4 Å². The van der Waals surface area contributed by atoms with Gasteiger partial charge in [-0.25, -0.2) is 0 Å². The Morgan fingerprint density at radius 1 is 1.27 bits per heavy atom. The molecule has 2 rings (SSSR count). The molecule has 1 saturated heterocycles. The Balaban J connectivity index is 1.73. The zero-order valence-corrected chi connectivity index (χ0v) is 14.7. The van der Waals surface area contributed by atoms with Gasteiger partial charge in [-0.1, -0.05) is 50.6 Å². The Labute approximate surface area is 139 Å². The van der Waals surface area contributed by atoms with Crippen molar-refractivity contribution in [3.63, 3.8) is 0 Å². The van der Waals surface area contributed by atoms with E-state index in [1.165, 1.54) is 5.56 Å². The van der Waals surface area contributed by atoms with Crippen LogP contribution >= 0.6 is 11.6 Å². The fourth-order valence-corrected chi connectivity index (χ4v) is 2.94. The molecule has 1 fully saturated rings. The molecule has 1 unspecified atom stereocenters. The second kappa shape index (κ2) is 7.78. The van der Waals surface area contributed by atoms with Crippen LogP contribution in [0.2, 0.25) is 5.02 Å². The monoisotopic (exact) mass is 324 g/mol. The van der Waals surface area contributed by atoms with Gasteiger partial charge in [0.15, 0.2) is 0 Å². The maximum atomic E-state index is 10.1. The molecular weight excluding hydrogens is 296 g/mol. The lowest BCUT2D eigenvalue weighted by Gasteiger charge is -2.34. The van der Waals surface area contributed by atoms with Crippen molar-refractivity contribution in [2.45, 2.75) is 52.3 Å². The minimum atomic E-state index is -0.298. The van der Waals surface area contributed by atoms with Gasteiger partial charge in [0.25, 0.3) is 0 Å². The van der Waals surface area contributed by atoms with E-state index in [1.54, 1.807) is 0 Å². The van der Waals surface area contributed by atoms with Crippen LogP contribution in [0.3, 0.4) is 0 Å². The summed E-state index contributed by atoms with van der Waals surface area (Å²) in [4.78, 5) is 2.46. The van der Waals surface area contributed by atoms with Gasteiger partial charge >= 0.3 is 0 Å². The standard InChI is InChI=1S/C18H29ClN2O/c1-18(2,3)17(22)12-20-15-8-10-21(11-9-15)13-14-6-4-5-7-16(14)19/h4-7,15,17,20,22H,8-13H2,1-3H3. The highest BCUT2D eigenvalue weighted by molar-refractivity contribution is 6.31. The average molecular weight is 325 g/mol. The number of halogens is 1. The van der Waals surface area contributed by atoms with Crippen LogP contribution in [-0.2, 0) is 6.54 Å². The summed E-state index contributed by atoms with van der Waals surface area (Å²) in [6.45, 7) is 9.99. The lowest BCUT2D eigenvalue weighted by atomic mass is 9.89. The van der Waals surface area contributed by atoms with Crippen molar-refractivity contribution in [2.75, 3.05) is 19.6 Å². The SMILES string of the molecule is CC(C)(C)C(O)CNC1CCN(Cc2ccccc2Cl)CC1. The first kappa shape index (κ1) is 17.7. The lowest BCUT2D eigenvalue weighted by Crippen LogP contribution is -2.46. The van der Waals surface area contributed by atoms with E-state index in [0.717, 1.165) is 37.5 Å². The van der Waals surface area contributed by atoms with E-state index in [2.05, 4.69) is 37.1 Å². The molecule has 2 N–H and O–H groups in total. The third-order valence-electron chi connectivity index (χ3n) is 4.54. The van der Waals surface area contributed by atoms with Crippen LogP contribution in [0.25, 0.3) is 0 Å². The predicted molar refractivity (Wildman–Crippen MR) is 93.2 cm³/mol. The molecule has 0 spiro atoms. The molecule has 0 aliphatic carbocycles. The van der Waals surface area contributed by atoms with Crippen molar-refractivity contribution in [1.82, 2.24) is 10.2 Å². The number of aliphatic hydroxyl groups is 1. The second-order valence-electron chi connectivity index (χ2n) is 7.43. The third kappa shape index (κ3) is 5.24. The van der Waals surface area contributed by atoms with E-state index < -0.39 is 0 Å². The largest absolute Gasteiger partial charge is 0.391 e. The van der Waals surface area contributed by atoms with Gasteiger partial charge in [0.05, 0.1) is 6.10 Å². The van der Waals surface area contributed by atoms with Crippen molar-refractivity contribution in [2.24, 2.45) is 5.41 Å². The van der Waals surface area contributed by atoms with E-state index in [-0.39, 0.29) is 11.5 Å². The average Bonchev–Trinajstić information content (AvgIpc) is 2.47. The van der Waals surface area contributed by atoms with Crippen LogP contribution < -0.4 is 5.32 Å². The van der Waals surface area contributed by atoms with Crippen LogP contribution in [0.4, 0.5) is 0 Å². The molecule has 0 aromatic heterocycles. The molecule has 1 aliphatic rings. The summed E-state index contributed by atoms with van der Waals surface area (Å²) in [6.07, 6.45) is 1.96. The van der Waals surface area contributed by atoms with Crippen LogP contribution in [0.5, 0.6) is 0 Å². The lowest BCUT2D eigenvalue weighted by molar-refractivity contribution is 0.0571. The van der Waals surface area contributed by atoms with Crippen LogP contribution in [0, 0.1) is 5.41 Å². The molecular formula is C18H29ClN2O. The Hall–Kier alpha value is -0.610. The van der Waals surface area contributed by atoms with Crippen molar-refractivity contribution in [3.8, 4) is 0 Å². The number of benzene rings is 1. The van der Waals surface area contributed by atoms with Gasteiger partial charge in [0.2, 0.25) is 0 Å². The summed E-state index contributed by atoms with van der Waals surface area (Å²) in [5.74, 6) is 0. The molecule has 124 valence electrons. The van der Waals surface area contributed by atoms with Gasteiger partial charge in [-0.05, 0) is 43.0 Å². The summed E-state index contributed by atoms with van der Waals surface area (Å²) in [6, 6.07) is 8.59. The third-order valence-corrected chi connectivity index (χ3v) is 4.91. The van der Waals surface area contributed by atoms with E-state index >= 15 is 0 Å². The van der Waals surface area contributed by atoms with Gasteiger partial charge in [-0.3, -0.25) is 4.90 Å². The molecule has 0 radical (unpaired) electrons. The number of nitrogens with one attached hydrogen (secondary N) is 1. The van der Waals surface area contributed by atoms with Crippen molar-refractivity contribution < 1.29 is 5.11 Å². The predicted octanol–water partition coefficient (Wildman–Crippen LogP) is 3.30. The highest BCUT2D eigenvalue weighted by atomic mass is 35.5. The summed E-state index contributed by atoms with van der Waals surface area (Å²) in [7, 11) is 0. The van der Waals surface area contributed by atoms with E-state index in [9.17, 15) is 5.11 Å². The second-order valence-corrected chi connectivity index (χ2v) is 7.84. The molecule has 1 aromatic rings. The van der Waals surface area contributed by atoms with Gasteiger partial charge in [0, 0.05) is 24.2 Å². The van der Waals surface area contributed by atoms with E-state index in [4.69, 9.17) is 11.6 Å². The number of piperidine rings is 1. The van der Waals surface area contributed by atoms with Crippen LogP contribution in [0.1, 0.15) is 39.2 Å². The molecule has 0 amide bonds. The minimum absolute atomic E-state index is 0.0578. The number of hydrogen-bond donors (Lipinski definition) is 2. The zero-order chi connectivity index (χ0) is 16.2.